The van der Waals surface area contributed by atoms with Crippen LogP contribution < -0.4 is 10.1 Å². The molecule has 3 amide bonds. The SMILES string of the molecule is Cc1noc(C)c1CCC(=O)N1C[C@@H]2C(=O)NCCCN(C(=O)Cc3c[nH]c4ccccc34)CCOc3cccc(c3)[C@H]2C1.O=CO. The van der Waals surface area contributed by atoms with Gasteiger partial charge in [-0.1, -0.05) is 35.5 Å². The molecule has 248 valence electrons. The van der Waals surface area contributed by atoms with E-state index in [1.807, 2.05) is 78.4 Å². The van der Waals surface area contributed by atoms with Crippen LogP contribution in [0.25, 0.3) is 10.9 Å². The minimum absolute atomic E-state index is 0.0139. The van der Waals surface area contributed by atoms with Crippen molar-refractivity contribution in [3.63, 3.8) is 0 Å². The lowest BCUT2D eigenvalue weighted by molar-refractivity contribution is -0.131. The standard InChI is InChI=1S/C34H39N5O5.CH2O2/c1-22-27(23(2)44-37-22)11-12-32(40)39-20-29-24-7-5-8-26(17-24)43-16-15-38(14-6-13-35-34(42)30(29)21-39)33(41)18-25-19-36-31-10-4-3-9-28(25)31;2-1-3/h3-5,7-10,17,19,29-30,36H,6,11-16,18,20-21H2,1-2H3,(H,35,42);1H,(H,2,3)/t29-,30+;/m1./s1. The van der Waals surface area contributed by atoms with Gasteiger partial charge in [-0.3, -0.25) is 19.2 Å². The van der Waals surface area contributed by atoms with Crippen LogP contribution in [0.2, 0.25) is 0 Å². The van der Waals surface area contributed by atoms with Crippen LogP contribution >= 0.6 is 0 Å². The summed E-state index contributed by atoms with van der Waals surface area (Å²) in [6, 6.07) is 15.7. The van der Waals surface area contributed by atoms with Gasteiger partial charge in [0.25, 0.3) is 6.47 Å². The van der Waals surface area contributed by atoms with Gasteiger partial charge in [-0.25, -0.2) is 0 Å². The Balaban J connectivity index is 0.00000139. The fourth-order valence-electron chi connectivity index (χ4n) is 6.49. The Morgan fingerprint density at radius 3 is 2.62 bits per heavy atom. The van der Waals surface area contributed by atoms with E-state index in [9.17, 15) is 14.4 Å². The number of amides is 3. The summed E-state index contributed by atoms with van der Waals surface area (Å²) < 4.78 is 11.4. The average molecular weight is 644 g/mol. The number of nitrogens with one attached hydrogen (secondary N) is 2. The van der Waals surface area contributed by atoms with Crippen LogP contribution in [0.15, 0.2) is 59.3 Å². The second kappa shape index (κ2) is 15.4. The Kier molecular flexibility index (Phi) is 10.9. The first-order valence-corrected chi connectivity index (χ1v) is 15.9. The van der Waals surface area contributed by atoms with Gasteiger partial charge in [-0.15, -0.1) is 0 Å². The number of likely N-dealkylation sites (tertiary alicyclic amines) is 1. The number of ether oxygens (including phenoxy) is 1. The van der Waals surface area contributed by atoms with Gasteiger partial charge in [0.2, 0.25) is 17.7 Å². The van der Waals surface area contributed by atoms with E-state index in [0.29, 0.717) is 64.3 Å². The highest BCUT2D eigenvalue weighted by atomic mass is 16.5. The third-order valence-electron chi connectivity index (χ3n) is 8.97. The van der Waals surface area contributed by atoms with Gasteiger partial charge in [-0.05, 0) is 56.0 Å². The largest absolute Gasteiger partial charge is 0.492 e. The van der Waals surface area contributed by atoms with Gasteiger partial charge in [0, 0.05) is 61.2 Å². The summed E-state index contributed by atoms with van der Waals surface area (Å²) in [6.45, 7) is 6.07. The molecule has 1 saturated heterocycles. The molecule has 2 bridgehead atoms. The zero-order valence-electron chi connectivity index (χ0n) is 26.7. The van der Waals surface area contributed by atoms with Crippen molar-refractivity contribution in [3.8, 4) is 5.75 Å². The van der Waals surface area contributed by atoms with Crippen LogP contribution in [0.5, 0.6) is 5.75 Å². The smallest absolute Gasteiger partial charge is 0.290 e. The Labute approximate surface area is 273 Å². The Hall–Kier alpha value is -5.13. The minimum atomic E-state index is -0.379. The van der Waals surface area contributed by atoms with Crippen LogP contribution in [0, 0.1) is 19.8 Å². The van der Waals surface area contributed by atoms with Crippen molar-refractivity contribution in [3.05, 3.63) is 82.9 Å². The molecular weight excluding hydrogens is 602 g/mol. The maximum atomic E-state index is 13.5. The number of carbonyl (C=O) groups is 4. The highest BCUT2D eigenvalue weighted by Crippen LogP contribution is 2.35. The molecule has 4 aromatic rings. The summed E-state index contributed by atoms with van der Waals surface area (Å²) in [5.41, 5.74) is 4.71. The van der Waals surface area contributed by atoms with Crippen LogP contribution in [0.4, 0.5) is 0 Å². The molecule has 3 N–H and O–H groups in total. The first-order valence-electron chi connectivity index (χ1n) is 15.9. The second-order valence-corrected chi connectivity index (χ2v) is 11.9. The number of aromatic amines is 1. The molecule has 6 rings (SSSR count). The first-order chi connectivity index (χ1) is 22.8. The number of aryl methyl sites for hydroxylation is 2. The number of benzene rings is 2. The fraction of sp³-hybridized carbons (Fsp3) is 0.400. The molecule has 0 spiro atoms. The predicted octanol–water partition coefficient (Wildman–Crippen LogP) is 3.62. The van der Waals surface area contributed by atoms with Crippen molar-refractivity contribution in [2.75, 3.05) is 39.3 Å². The molecule has 0 aliphatic carbocycles. The summed E-state index contributed by atoms with van der Waals surface area (Å²) >= 11 is 0. The molecule has 47 heavy (non-hydrogen) atoms. The third kappa shape index (κ3) is 8.00. The van der Waals surface area contributed by atoms with Crippen LogP contribution in [-0.2, 0) is 32.0 Å². The molecule has 12 heteroatoms. The maximum Gasteiger partial charge on any atom is 0.290 e. The second-order valence-electron chi connectivity index (χ2n) is 11.9. The predicted molar refractivity (Wildman–Crippen MR) is 174 cm³/mol. The summed E-state index contributed by atoms with van der Waals surface area (Å²) in [5.74, 6) is 0.864. The molecule has 2 atom stereocenters. The van der Waals surface area contributed by atoms with Gasteiger partial charge < -0.3 is 34.5 Å². The molecule has 2 aliphatic heterocycles. The van der Waals surface area contributed by atoms with Crippen molar-refractivity contribution in [2.45, 2.75) is 45.4 Å². The van der Waals surface area contributed by atoms with Crippen LogP contribution in [0.1, 0.15) is 46.9 Å². The van der Waals surface area contributed by atoms with Gasteiger partial charge >= 0.3 is 0 Å². The van der Waals surface area contributed by atoms with Crippen molar-refractivity contribution in [1.82, 2.24) is 25.3 Å². The van der Waals surface area contributed by atoms with E-state index in [-0.39, 0.29) is 42.5 Å². The molecule has 0 unspecified atom stereocenters. The molecule has 4 heterocycles. The van der Waals surface area contributed by atoms with E-state index in [1.165, 1.54) is 0 Å². The van der Waals surface area contributed by atoms with Crippen molar-refractivity contribution >= 4 is 35.1 Å². The lowest BCUT2D eigenvalue weighted by Crippen LogP contribution is -2.40. The van der Waals surface area contributed by atoms with E-state index < -0.39 is 0 Å². The number of hydrogen-bond acceptors (Lipinski definition) is 7. The molecule has 2 aromatic carbocycles. The normalized spacial score (nSPS) is 18.3. The number of fused-ring (bicyclic) bond motifs is 5. The molecule has 1 fully saturated rings. The molecule has 0 saturated carbocycles. The number of carbonyl (C=O) groups excluding carboxylic acids is 3. The van der Waals surface area contributed by atoms with Crippen molar-refractivity contribution < 1.29 is 33.5 Å². The lowest BCUT2D eigenvalue weighted by Gasteiger charge is -2.24. The topological polar surface area (TPSA) is 158 Å². The number of rotatable bonds is 5. The summed E-state index contributed by atoms with van der Waals surface area (Å²) in [6.07, 6.45) is 3.69. The summed E-state index contributed by atoms with van der Waals surface area (Å²) in [4.78, 5) is 55.5. The number of H-pyrrole nitrogens is 1. The monoisotopic (exact) mass is 643 g/mol. The Morgan fingerprint density at radius 1 is 1.04 bits per heavy atom. The quantitative estimate of drug-likeness (QED) is 0.278. The highest BCUT2D eigenvalue weighted by molar-refractivity contribution is 5.89. The van der Waals surface area contributed by atoms with E-state index in [0.717, 1.165) is 39.0 Å². The van der Waals surface area contributed by atoms with Gasteiger partial charge in [0.1, 0.15) is 18.1 Å². The number of para-hydroxylation sites is 1. The first kappa shape index (κ1) is 33.2. The molecular formula is C35H41N5O7. The maximum absolute atomic E-state index is 13.5. The number of nitrogens with zero attached hydrogens (tertiary/aromatic N) is 3. The molecule has 2 aromatic heterocycles. The number of carboxylic acid groups (broad SMARTS) is 1. The zero-order chi connectivity index (χ0) is 33.3. The van der Waals surface area contributed by atoms with E-state index in [1.54, 1.807) is 0 Å². The summed E-state index contributed by atoms with van der Waals surface area (Å²) in [7, 11) is 0. The van der Waals surface area contributed by atoms with Gasteiger partial charge in [0.15, 0.2) is 0 Å². The van der Waals surface area contributed by atoms with Crippen molar-refractivity contribution in [1.29, 1.82) is 0 Å². The third-order valence-corrected chi connectivity index (χ3v) is 8.97. The van der Waals surface area contributed by atoms with Crippen LogP contribution in [-0.4, -0.2) is 88.6 Å². The zero-order valence-corrected chi connectivity index (χ0v) is 26.7. The fourth-order valence-corrected chi connectivity index (χ4v) is 6.49. The number of hydrogen-bond donors (Lipinski definition) is 3. The minimum Gasteiger partial charge on any atom is -0.492 e. The Bertz CT molecular complexity index is 1690. The highest BCUT2D eigenvalue weighted by Gasteiger charge is 2.40. The van der Waals surface area contributed by atoms with Crippen LogP contribution in [0.3, 0.4) is 0 Å². The Morgan fingerprint density at radius 2 is 1.83 bits per heavy atom. The number of aromatic nitrogens is 2. The average Bonchev–Trinajstić information content (AvgIpc) is 3.78. The summed E-state index contributed by atoms with van der Waals surface area (Å²) in [5, 5.41) is 15.0. The van der Waals surface area contributed by atoms with E-state index in [4.69, 9.17) is 19.2 Å². The lowest BCUT2D eigenvalue weighted by atomic mass is 9.88. The van der Waals surface area contributed by atoms with E-state index >= 15 is 0 Å². The van der Waals surface area contributed by atoms with Gasteiger partial charge in [0.05, 0.1) is 24.6 Å². The molecule has 12 nitrogen and oxygen atoms in total. The molecule has 2 aliphatic rings. The van der Waals surface area contributed by atoms with Crippen molar-refractivity contribution in [2.24, 2.45) is 5.92 Å². The van der Waals surface area contributed by atoms with E-state index in [2.05, 4.69) is 15.5 Å². The molecule has 0 radical (unpaired) electrons. The van der Waals surface area contributed by atoms with Gasteiger partial charge in [-0.2, -0.15) is 0 Å².